The number of methoxy groups -OCH3 is 1. The van der Waals surface area contributed by atoms with Gasteiger partial charge in [0.1, 0.15) is 23.5 Å². The summed E-state index contributed by atoms with van der Waals surface area (Å²) in [6.07, 6.45) is 3.56. The number of halogens is 1. The predicted molar refractivity (Wildman–Crippen MR) is 129 cm³/mol. The molecule has 1 amide bonds. The van der Waals surface area contributed by atoms with Gasteiger partial charge in [-0.3, -0.25) is 4.79 Å². The van der Waals surface area contributed by atoms with Crippen LogP contribution in [0.2, 0.25) is 5.02 Å². The lowest BCUT2D eigenvalue weighted by molar-refractivity contribution is -0.117. The van der Waals surface area contributed by atoms with Crippen LogP contribution >= 0.6 is 11.6 Å². The molecule has 0 spiro atoms. The maximum absolute atomic E-state index is 11.3. The van der Waals surface area contributed by atoms with Gasteiger partial charge in [-0.25, -0.2) is 9.97 Å². The van der Waals surface area contributed by atoms with Crippen LogP contribution in [-0.4, -0.2) is 38.1 Å². The van der Waals surface area contributed by atoms with Gasteiger partial charge in [0.2, 0.25) is 11.8 Å². The van der Waals surface area contributed by atoms with Gasteiger partial charge in [-0.2, -0.15) is 4.98 Å². The fourth-order valence-electron chi connectivity index (χ4n) is 3.86. The van der Waals surface area contributed by atoms with Crippen LogP contribution in [0.4, 0.5) is 0 Å². The van der Waals surface area contributed by atoms with Crippen LogP contribution in [0.15, 0.2) is 48.8 Å². The van der Waals surface area contributed by atoms with Crippen molar-refractivity contribution in [2.24, 2.45) is 5.73 Å². The van der Waals surface area contributed by atoms with Gasteiger partial charge in [0.25, 0.3) is 0 Å². The first-order chi connectivity index (χ1) is 16.3. The number of imidazole rings is 1. The summed E-state index contributed by atoms with van der Waals surface area (Å²) in [4.78, 5) is 25.1. The molecule has 174 valence electrons. The fourth-order valence-corrected chi connectivity index (χ4v) is 4.15. The molecule has 34 heavy (non-hydrogen) atoms. The van der Waals surface area contributed by atoms with Crippen LogP contribution in [0.3, 0.4) is 0 Å². The van der Waals surface area contributed by atoms with Gasteiger partial charge in [-0.05, 0) is 55.2 Å². The first kappa shape index (κ1) is 22.2. The molecule has 2 aromatic heterocycles. The first-order valence-corrected chi connectivity index (χ1v) is 11.3. The molecule has 4 aromatic rings. The molecule has 0 atom stereocenters. The van der Waals surface area contributed by atoms with Gasteiger partial charge >= 0.3 is 0 Å². The number of rotatable bonds is 8. The van der Waals surface area contributed by atoms with Gasteiger partial charge in [0, 0.05) is 5.56 Å². The van der Waals surface area contributed by atoms with Crippen molar-refractivity contribution in [3.05, 3.63) is 64.9 Å². The fraction of sp³-hybridized carbons (Fsp3) is 0.280. The molecule has 0 aliphatic heterocycles. The van der Waals surface area contributed by atoms with Crippen molar-refractivity contribution in [3.8, 4) is 23.0 Å². The van der Waals surface area contributed by atoms with E-state index in [-0.39, 0.29) is 12.0 Å². The number of primary amides is 1. The zero-order valence-electron chi connectivity index (χ0n) is 18.9. The molecule has 1 aliphatic carbocycles. The smallest absolute Gasteiger partial charge is 0.245 e. The Balaban J connectivity index is 1.65. The van der Waals surface area contributed by atoms with E-state index in [1.165, 1.54) is 6.33 Å². The highest BCUT2D eigenvalue weighted by Crippen LogP contribution is 2.41. The molecule has 0 unspecified atom stereocenters. The van der Waals surface area contributed by atoms with E-state index in [2.05, 4.69) is 16.9 Å². The Morgan fingerprint density at radius 3 is 2.71 bits per heavy atom. The number of fused-ring (bicyclic) bond motifs is 1. The Kier molecular flexibility index (Phi) is 5.61. The van der Waals surface area contributed by atoms with Gasteiger partial charge in [-0.1, -0.05) is 29.8 Å². The summed E-state index contributed by atoms with van der Waals surface area (Å²) in [5.41, 5.74) is 8.80. The SMILES string of the molecule is COc1cccc(Cn2c(-c3ccc(CC(N)=O)cc3Cl)nc3c(OC4(C)CC4)ncnc32)c1. The molecule has 1 fully saturated rings. The zero-order chi connectivity index (χ0) is 23.9. The summed E-state index contributed by atoms with van der Waals surface area (Å²) in [6, 6.07) is 13.2. The van der Waals surface area contributed by atoms with Crippen molar-refractivity contribution in [1.29, 1.82) is 0 Å². The summed E-state index contributed by atoms with van der Waals surface area (Å²) in [5.74, 6) is 1.43. The van der Waals surface area contributed by atoms with E-state index in [0.717, 1.165) is 29.7 Å². The maximum atomic E-state index is 11.3. The Hall–Kier alpha value is -3.65. The monoisotopic (exact) mass is 477 g/mol. The molecule has 9 heteroatoms. The molecule has 1 aliphatic rings. The number of hydrogen-bond acceptors (Lipinski definition) is 6. The minimum absolute atomic E-state index is 0.113. The standard InChI is InChI=1S/C25H24ClN5O3/c1-25(8-9-25)34-24-21-23(28-14-29-24)31(13-16-4-3-5-17(10-16)33-2)22(30-21)18-7-6-15(11-19(18)26)12-20(27)32/h3-7,10-11,14H,8-9,12-13H2,1-2H3,(H2,27,32). The molecule has 8 nitrogen and oxygen atoms in total. The van der Waals surface area contributed by atoms with Gasteiger partial charge < -0.3 is 19.8 Å². The summed E-state index contributed by atoms with van der Waals surface area (Å²) in [6.45, 7) is 2.54. The molecular weight excluding hydrogens is 454 g/mol. The Morgan fingerprint density at radius 1 is 1.18 bits per heavy atom. The number of nitrogens with zero attached hydrogens (tertiary/aromatic N) is 4. The maximum Gasteiger partial charge on any atom is 0.245 e. The largest absolute Gasteiger partial charge is 0.497 e. The van der Waals surface area contributed by atoms with E-state index in [9.17, 15) is 4.79 Å². The van der Waals surface area contributed by atoms with Crippen LogP contribution < -0.4 is 15.2 Å². The zero-order valence-corrected chi connectivity index (χ0v) is 19.7. The third kappa shape index (κ3) is 4.41. The molecule has 0 bridgehead atoms. The van der Waals surface area contributed by atoms with Crippen molar-refractivity contribution in [3.63, 3.8) is 0 Å². The quantitative estimate of drug-likeness (QED) is 0.408. The van der Waals surface area contributed by atoms with Crippen LogP contribution in [0.5, 0.6) is 11.6 Å². The summed E-state index contributed by atoms with van der Waals surface area (Å²) in [5, 5.41) is 0.463. The van der Waals surface area contributed by atoms with Crippen molar-refractivity contribution in [2.45, 2.75) is 38.3 Å². The Bertz CT molecular complexity index is 1400. The lowest BCUT2D eigenvalue weighted by atomic mass is 10.1. The molecule has 0 saturated heterocycles. The topological polar surface area (TPSA) is 105 Å². The molecule has 0 radical (unpaired) electrons. The van der Waals surface area contributed by atoms with Crippen molar-refractivity contribution < 1.29 is 14.3 Å². The number of hydrogen-bond donors (Lipinski definition) is 1. The van der Waals surface area contributed by atoms with Gasteiger partial charge in [0.15, 0.2) is 11.2 Å². The average molecular weight is 478 g/mol. The summed E-state index contributed by atoms with van der Waals surface area (Å²) in [7, 11) is 1.64. The van der Waals surface area contributed by atoms with E-state index >= 15 is 0 Å². The number of benzene rings is 2. The Morgan fingerprint density at radius 2 is 2.00 bits per heavy atom. The van der Waals surface area contributed by atoms with Crippen molar-refractivity contribution in [2.75, 3.05) is 7.11 Å². The van der Waals surface area contributed by atoms with Gasteiger partial charge in [0.05, 0.1) is 25.1 Å². The highest BCUT2D eigenvalue weighted by Gasteiger charge is 2.41. The molecule has 5 rings (SSSR count). The highest BCUT2D eigenvalue weighted by atomic mass is 35.5. The first-order valence-electron chi connectivity index (χ1n) is 11.0. The van der Waals surface area contributed by atoms with Crippen LogP contribution in [0.1, 0.15) is 30.9 Å². The Labute approximate surface area is 201 Å². The predicted octanol–water partition coefficient (Wildman–Crippen LogP) is 4.16. The van der Waals surface area contributed by atoms with E-state index in [1.807, 2.05) is 41.0 Å². The van der Waals surface area contributed by atoms with E-state index < -0.39 is 5.91 Å². The van der Waals surface area contributed by atoms with E-state index in [0.29, 0.717) is 40.0 Å². The number of aromatic nitrogens is 4. The van der Waals surface area contributed by atoms with Crippen molar-refractivity contribution in [1.82, 2.24) is 19.5 Å². The van der Waals surface area contributed by atoms with Crippen molar-refractivity contribution >= 4 is 28.7 Å². The van der Waals surface area contributed by atoms with E-state index in [4.69, 9.17) is 31.8 Å². The lowest BCUT2D eigenvalue weighted by Gasteiger charge is -2.12. The third-order valence-electron chi connectivity index (χ3n) is 5.92. The number of amides is 1. The second-order valence-electron chi connectivity index (χ2n) is 8.73. The van der Waals surface area contributed by atoms with Crippen LogP contribution in [0.25, 0.3) is 22.6 Å². The number of carbonyl (C=O) groups is 1. The minimum atomic E-state index is -0.417. The number of ether oxygens (including phenoxy) is 2. The normalized spacial score (nSPS) is 14.2. The molecule has 1 saturated carbocycles. The second kappa shape index (κ2) is 8.61. The van der Waals surface area contributed by atoms with E-state index in [1.54, 1.807) is 13.2 Å². The number of carbonyl (C=O) groups excluding carboxylic acids is 1. The van der Waals surface area contributed by atoms with Gasteiger partial charge in [-0.15, -0.1) is 0 Å². The third-order valence-corrected chi connectivity index (χ3v) is 6.24. The number of nitrogens with two attached hydrogens (primary N) is 1. The molecule has 2 N–H and O–H groups in total. The average Bonchev–Trinajstić information content (AvgIpc) is 3.42. The van der Waals surface area contributed by atoms with Crippen LogP contribution in [-0.2, 0) is 17.8 Å². The molecule has 2 aromatic carbocycles. The summed E-state index contributed by atoms with van der Waals surface area (Å²) < 4.78 is 13.6. The minimum Gasteiger partial charge on any atom is -0.497 e. The second-order valence-corrected chi connectivity index (χ2v) is 9.14. The summed E-state index contributed by atoms with van der Waals surface area (Å²) >= 11 is 6.66. The highest BCUT2D eigenvalue weighted by molar-refractivity contribution is 6.33. The van der Waals surface area contributed by atoms with Crippen LogP contribution in [0, 0.1) is 0 Å². The lowest BCUT2D eigenvalue weighted by Crippen LogP contribution is -2.13. The molecular formula is C25H24ClN5O3. The molecule has 2 heterocycles.